The second kappa shape index (κ2) is 11.8. The number of amides is 3. The van der Waals surface area contributed by atoms with E-state index in [4.69, 9.17) is 4.74 Å². The summed E-state index contributed by atoms with van der Waals surface area (Å²) >= 11 is 1.64. The number of ether oxygens (including phenoxy) is 1. The Bertz CT molecular complexity index is 914. The number of benzene rings is 2. The average Bonchev–Trinajstić information content (AvgIpc) is 2.80. The van der Waals surface area contributed by atoms with Crippen LogP contribution < -0.4 is 20.9 Å². The van der Waals surface area contributed by atoms with Gasteiger partial charge in [0.2, 0.25) is 0 Å². The maximum Gasteiger partial charge on any atom is 0.323 e. The molecule has 8 nitrogen and oxygen atoms in total. The van der Waals surface area contributed by atoms with Crippen molar-refractivity contribution in [1.82, 2.24) is 10.2 Å². The number of nitrogens with one attached hydrogen (secondary N) is 3. The van der Waals surface area contributed by atoms with Gasteiger partial charge in [0.1, 0.15) is 0 Å². The van der Waals surface area contributed by atoms with Crippen LogP contribution in [0.2, 0.25) is 0 Å². The molecule has 0 bridgehead atoms. The van der Waals surface area contributed by atoms with Gasteiger partial charge in [0.05, 0.1) is 18.8 Å². The normalized spacial score (nSPS) is 14.0. The summed E-state index contributed by atoms with van der Waals surface area (Å²) in [6.45, 7) is 4.56. The minimum absolute atomic E-state index is 0.168. The van der Waals surface area contributed by atoms with Gasteiger partial charge in [0.15, 0.2) is 0 Å². The fourth-order valence-corrected chi connectivity index (χ4v) is 3.81. The van der Waals surface area contributed by atoms with Crippen molar-refractivity contribution in [2.24, 2.45) is 0 Å². The fraction of sp³-hybridized carbons (Fsp3) is 0.391. The third-order valence-corrected chi connectivity index (χ3v) is 5.89. The summed E-state index contributed by atoms with van der Waals surface area (Å²) in [5.41, 5.74) is 2.55. The molecule has 0 saturated carbocycles. The summed E-state index contributed by atoms with van der Waals surface area (Å²) in [6, 6.07) is 12.6. The van der Waals surface area contributed by atoms with Crippen molar-refractivity contribution < 1.29 is 14.3 Å². The lowest BCUT2D eigenvalue weighted by atomic mass is 10.1. The first-order chi connectivity index (χ1) is 15.5. The molecule has 1 aliphatic heterocycles. The quantitative estimate of drug-likeness (QED) is 0.528. The van der Waals surface area contributed by atoms with Crippen molar-refractivity contribution in [2.45, 2.75) is 4.90 Å². The molecule has 1 heterocycles. The molecule has 0 radical (unpaired) electrons. The average molecular weight is 458 g/mol. The Morgan fingerprint density at radius 1 is 1.03 bits per heavy atom. The standard InChI is InChI=1S/C23H31N5O3S/c1-27(2)21-9-6-18(26-23(30)25-17-4-7-19(32-3)8-5-17)16-20(21)22(29)24-10-11-28-12-14-31-15-13-28/h4-9,16H,10-15H2,1-3H3,(H,24,29)(H2,25,26,30). The highest BCUT2D eigenvalue weighted by Gasteiger charge is 2.16. The van der Waals surface area contributed by atoms with Crippen LogP contribution >= 0.6 is 11.8 Å². The molecule has 0 spiro atoms. The van der Waals surface area contributed by atoms with Crippen molar-refractivity contribution in [3.63, 3.8) is 0 Å². The van der Waals surface area contributed by atoms with Crippen LogP contribution in [0.25, 0.3) is 0 Å². The first kappa shape index (κ1) is 23.9. The van der Waals surface area contributed by atoms with Crippen LogP contribution in [0.3, 0.4) is 0 Å². The van der Waals surface area contributed by atoms with E-state index in [0.29, 0.717) is 23.5 Å². The highest BCUT2D eigenvalue weighted by molar-refractivity contribution is 7.98. The number of thioether (sulfide) groups is 1. The zero-order valence-corrected chi connectivity index (χ0v) is 19.6. The Kier molecular flexibility index (Phi) is 8.78. The fourth-order valence-electron chi connectivity index (χ4n) is 3.40. The molecular formula is C23H31N5O3S. The number of carbonyl (C=O) groups excluding carboxylic acids is 2. The SMILES string of the molecule is CSc1ccc(NC(=O)Nc2ccc(N(C)C)c(C(=O)NCCN3CCOCC3)c2)cc1. The van der Waals surface area contributed by atoms with E-state index in [-0.39, 0.29) is 11.9 Å². The van der Waals surface area contributed by atoms with Crippen molar-refractivity contribution in [1.29, 1.82) is 0 Å². The van der Waals surface area contributed by atoms with Gasteiger partial charge in [-0.1, -0.05) is 0 Å². The Morgan fingerprint density at radius 3 is 2.34 bits per heavy atom. The highest BCUT2D eigenvalue weighted by Crippen LogP contribution is 2.23. The summed E-state index contributed by atoms with van der Waals surface area (Å²) in [7, 11) is 3.77. The maximum absolute atomic E-state index is 12.9. The molecule has 1 fully saturated rings. The van der Waals surface area contributed by atoms with Crippen LogP contribution in [0, 0.1) is 0 Å². The van der Waals surface area contributed by atoms with E-state index in [1.807, 2.05) is 55.6 Å². The molecule has 3 amide bonds. The molecule has 172 valence electrons. The molecule has 3 N–H and O–H groups in total. The highest BCUT2D eigenvalue weighted by atomic mass is 32.2. The summed E-state index contributed by atoms with van der Waals surface area (Å²) in [5.74, 6) is -0.168. The molecule has 2 aromatic carbocycles. The molecule has 3 rings (SSSR count). The minimum Gasteiger partial charge on any atom is -0.379 e. The largest absolute Gasteiger partial charge is 0.379 e. The Hall–Kier alpha value is -2.75. The number of rotatable bonds is 8. The summed E-state index contributed by atoms with van der Waals surface area (Å²) in [4.78, 5) is 30.6. The van der Waals surface area contributed by atoms with Gasteiger partial charge in [-0.25, -0.2) is 4.79 Å². The van der Waals surface area contributed by atoms with Crippen molar-refractivity contribution in [3.05, 3.63) is 48.0 Å². The number of hydrogen-bond acceptors (Lipinski definition) is 6. The minimum atomic E-state index is -0.363. The van der Waals surface area contributed by atoms with Crippen molar-refractivity contribution in [2.75, 3.05) is 75.3 Å². The molecule has 1 saturated heterocycles. The Balaban J connectivity index is 1.62. The van der Waals surface area contributed by atoms with E-state index < -0.39 is 0 Å². The van der Waals surface area contributed by atoms with Gasteiger partial charge in [0, 0.05) is 62.2 Å². The third-order valence-electron chi connectivity index (χ3n) is 5.15. The van der Waals surface area contributed by atoms with Crippen LogP contribution in [-0.2, 0) is 4.74 Å². The number of carbonyl (C=O) groups is 2. The third kappa shape index (κ3) is 6.88. The molecule has 0 unspecified atom stereocenters. The topological polar surface area (TPSA) is 85.9 Å². The van der Waals surface area contributed by atoms with E-state index in [9.17, 15) is 9.59 Å². The number of hydrogen-bond donors (Lipinski definition) is 3. The van der Waals surface area contributed by atoms with E-state index >= 15 is 0 Å². The lowest BCUT2D eigenvalue weighted by Gasteiger charge is -2.26. The lowest BCUT2D eigenvalue weighted by Crippen LogP contribution is -2.41. The molecule has 2 aromatic rings. The molecule has 0 aromatic heterocycles. The second-order valence-electron chi connectivity index (χ2n) is 7.64. The monoisotopic (exact) mass is 457 g/mol. The van der Waals surface area contributed by atoms with Crippen LogP contribution in [0.5, 0.6) is 0 Å². The second-order valence-corrected chi connectivity index (χ2v) is 8.52. The molecule has 1 aliphatic rings. The molecule has 0 aliphatic carbocycles. The Morgan fingerprint density at radius 2 is 1.69 bits per heavy atom. The predicted octanol–water partition coefficient (Wildman–Crippen LogP) is 3.18. The molecule has 0 atom stereocenters. The lowest BCUT2D eigenvalue weighted by molar-refractivity contribution is 0.0383. The van der Waals surface area contributed by atoms with Gasteiger partial charge in [0.25, 0.3) is 5.91 Å². The summed E-state index contributed by atoms with van der Waals surface area (Å²) in [6.07, 6.45) is 2.00. The Labute approximate surface area is 193 Å². The van der Waals surface area contributed by atoms with E-state index in [1.54, 1.807) is 23.9 Å². The van der Waals surface area contributed by atoms with Gasteiger partial charge >= 0.3 is 6.03 Å². The maximum atomic E-state index is 12.9. The number of anilines is 3. The first-order valence-electron chi connectivity index (χ1n) is 10.6. The van der Waals surface area contributed by atoms with Crippen LogP contribution in [-0.4, -0.2) is 76.6 Å². The van der Waals surface area contributed by atoms with E-state index in [0.717, 1.165) is 43.4 Å². The molecular weight excluding hydrogens is 426 g/mol. The van der Waals surface area contributed by atoms with Gasteiger partial charge < -0.3 is 25.6 Å². The first-order valence-corrected chi connectivity index (χ1v) is 11.8. The zero-order chi connectivity index (χ0) is 22.9. The molecule has 9 heteroatoms. The van der Waals surface area contributed by atoms with Crippen LogP contribution in [0.4, 0.5) is 21.9 Å². The van der Waals surface area contributed by atoms with E-state index in [2.05, 4.69) is 20.9 Å². The summed E-state index contributed by atoms with van der Waals surface area (Å²) in [5, 5.41) is 8.62. The number of urea groups is 1. The predicted molar refractivity (Wildman–Crippen MR) is 131 cm³/mol. The van der Waals surface area contributed by atoms with Gasteiger partial charge in [-0.2, -0.15) is 0 Å². The van der Waals surface area contributed by atoms with E-state index in [1.165, 1.54) is 0 Å². The summed E-state index contributed by atoms with van der Waals surface area (Å²) < 4.78 is 5.36. The van der Waals surface area contributed by atoms with Crippen LogP contribution in [0.15, 0.2) is 47.4 Å². The smallest absolute Gasteiger partial charge is 0.323 e. The zero-order valence-electron chi connectivity index (χ0n) is 18.8. The van der Waals surface area contributed by atoms with Crippen molar-refractivity contribution in [3.8, 4) is 0 Å². The number of morpholine rings is 1. The van der Waals surface area contributed by atoms with Crippen molar-refractivity contribution >= 4 is 40.8 Å². The number of nitrogens with zero attached hydrogens (tertiary/aromatic N) is 2. The van der Waals surface area contributed by atoms with Gasteiger partial charge in [-0.15, -0.1) is 11.8 Å². The van der Waals surface area contributed by atoms with Crippen LogP contribution in [0.1, 0.15) is 10.4 Å². The van der Waals surface area contributed by atoms with Gasteiger partial charge in [-0.3, -0.25) is 9.69 Å². The van der Waals surface area contributed by atoms with Gasteiger partial charge in [-0.05, 0) is 48.7 Å². The molecule has 32 heavy (non-hydrogen) atoms.